The van der Waals surface area contributed by atoms with Crippen LogP contribution in [-0.4, -0.2) is 21.2 Å². The third-order valence-electron chi connectivity index (χ3n) is 3.55. The first kappa shape index (κ1) is 15.7. The third kappa shape index (κ3) is 3.71. The van der Waals surface area contributed by atoms with Gasteiger partial charge in [-0.05, 0) is 42.3 Å². The molecule has 0 saturated carbocycles. The molecule has 21 heavy (non-hydrogen) atoms. The van der Waals surface area contributed by atoms with E-state index >= 15 is 0 Å². The Morgan fingerprint density at radius 2 is 1.67 bits per heavy atom. The van der Waals surface area contributed by atoms with Crippen LogP contribution in [0.25, 0.3) is 0 Å². The molecule has 0 aliphatic carbocycles. The molecule has 1 atom stereocenters. The second kappa shape index (κ2) is 6.41. The highest BCUT2D eigenvalue weighted by Gasteiger charge is 2.15. The minimum absolute atomic E-state index is 0.0739. The van der Waals surface area contributed by atoms with Gasteiger partial charge in [-0.25, -0.2) is 8.42 Å². The molecule has 2 rings (SSSR count). The number of benzene rings is 2. The van der Waals surface area contributed by atoms with Crippen molar-refractivity contribution in [1.82, 2.24) is 5.32 Å². The van der Waals surface area contributed by atoms with Crippen molar-refractivity contribution < 1.29 is 8.42 Å². The molecule has 0 aliphatic rings. The van der Waals surface area contributed by atoms with Gasteiger partial charge in [0, 0.05) is 6.26 Å². The minimum Gasteiger partial charge on any atom is -0.307 e. The van der Waals surface area contributed by atoms with Crippen LogP contribution in [0, 0.1) is 6.92 Å². The molecule has 1 unspecified atom stereocenters. The van der Waals surface area contributed by atoms with Gasteiger partial charge < -0.3 is 5.32 Å². The lowest BCUT2D eigenvalue weighted by atomic mass is 9.95. The van der Waals surface area contributed by atoms with E-state index in [1.165, 1.54) is 17.4 Å². The smallest absolute Gasteiger partial charge is 0.175 e. The molecule has 0 aromatic heterocycles. The van der Waals surface area contributed by atoms with Crippen LogP contribution in [0.15, 0.2) is 53.4 Å². The maximum atomic E-state index is 11.5. The Morgan fingerprint density at radius 3 is 2.19 bits per heavy atom. The van der Waals surface area contributed by atoms with Crippen molar-refractivity contribution in [1.29, 1.82) is 0 Å². The Morgan fingerprint density at radius 1 is 1.05 bits per heavy atom. The summed E-state index contributed by atoms with van der Waals surface area (Å²) in [5.41, 5.74) is 3.50. The van der Waals surface area contributed by atoms with E-state index in [9.17, 15) is 8.42 Å². The molecular formula is C17H21NO2S. The molecule has 0 fully saturated rings. The van der Waals surface area contributed by atoms with Crippen molar-refractivity contribution in [3.05, 3.63) is 65.2 Å². The molecule has 0 spiro atoms. The van der Waals surface area contributed by atoms with E-state index in [2.05, 4.69) is 31.3 Å². The molecule has 2 aromatic carbocycles. The predicted molar refractivity (Wildman–Crippen MR) is 86.3 cm³/mol. The number of rotatable bonds is 5. The molecule has 0 heterocycles. The van der Waals surface area contributed by atoms with Crippen LogP contribution in [0.1, 0.15) is 29.7 Å². The lowest BCUT2D eigenvalue weighted by Crippen LogP contribution is -2.22. The number of aryl methyl sites for hydroxylation is 1. The molecule has 1 N–H and O–H groups in total. The summed E-state index contributed by atoms with van der Waals surface area (Å²) in [6, 6.07) is 15.4. The van der Waals surface area contributed by atoms with Crippen molar-refractivity contribution in [2.75, 3.05) is 12.8 Å². The summed E-state index contributed by atoms with van der Waals surface area (Å²) in [7, 11) is -3.15. The number of hydrogen-bond donors (Lipinski definition) is 1. The van der Waals surface area contributed by atoms with Gasteiger partial charge in [-0.15, -0.1) is 0 Å². The number of nitrogens with one attached hydrogen (secondary N) is 1. The number of sulfone groups is 1. The van der Waals surface area contributed by atoms with Crippen LogP contribution in [0.3, 0.4) is 0 Å². The van der Waals surface area contributed by atoms with Crippen molar-refractivity contribution in [2.24, 2.45) is 0 Å². The van der Waals surface area contributed by atoms with Crippen molar-refractivity contribution >= 4 is 9.84 Å². The van der Waals surface area contributed by atoms with Gasteiger partial charge in [0.25, 0.3) is 0 Å². The first-order chi connectivity index (χ1) is 9.93. The Bertz CT molecular complexity index is 706. The standard InChI is InChI=1S/C17H21NO2S/c1-4-18-17(16-8-6-5-7-13(16)2)14-9-11-15(12-10-14)21(3,19)20/h5-12,17-18H,4H2,1-3H3. The van der Waals surface area contributed by atoms with Crippen LogP contribution in [0.2, 0.25) is 0 Å². The molecule has 112 valence electrons. The first-order valence-corrected chi connectivity index (χ1v) is 8.91. The van der Waals surface area contributed by atoms with Gasteiger partial charge in [0.2, 0.25) is 0 Å². The van der Waals surface area contributed by atoms with Gasteiger partial charge in [0.05, 0.1) is 10.9 Å². The maximum absolute atomic E-state index is 11.5. The highest BCUT2D eigenvalue weighted by atomic mass is 32.2. The van der Waals surface area contributed by atoms with Crippen molar-refractivity contribution in [2.45, 2.75) is 24.8 Å². The Hall–Kier alpha value is -1.65. The topological polar surface area (TPSA) is 46.2 Å². The molecule has 4 heteroatoms. The Kier molecular flexibility index (Phi) is 4.80. The van der Waals surface area contributed by atoms with Crippen molar-refractivity contribution in [3.63, 3.8) is 0 Å². The van der Waals surface area contributed by atoms with E-state index in [-0.39, 0.29) is 6.04 Å². The zero-order chi connectivity index (χ0) is 15.5. The van der Waals surface area contributed by atoms with Gasteiger partial charge in [-0.2, -0.15) is 0 Å². The quantitative estimate of drug-likeness (QED) is 0.923. The van der Waals surface area contributed by atoms with Crippen LogP contribution < -0.4 is 5.32 Å². The highest BCUT2D eigenvalue weighted by molar-refractivity contribution is 7.90. The second-order valence-electron chi connectivity index (χ2n) is 5.19. The van der Waals surface area contributed by atoms with E-state index in [0.29, 0.717) is 4.90 Å². The summed E-state index contributed by atoms with van der Waals surface area (Å²) in [6.07, 6.45) is 1.23. The molecule has 0 radical (unpaired) electrons. The van der Waals surface area contributed by atoms with E-state index in [1.54, 1.807) is 12.1 Å². The van der Waals surface area contributed by atoms with E-state index < -0.39 is 9.84 Å². The van der Waals surface area contributed by atoms with Gasteiger partial charge in [0.1, 0.15) is 0 Å². The lowest BCUT2D eigenvalue weighted by Gasteiger charge is -2.21. The Labute approximate surface area is 126 Å². The second-order valence-corrected chi connectivity index (χ2v) is 7.20. The maximum Gasteiger partial charge on any atom is 0.175 e. The van der Waals surface area contributed by atoms with Crippen LogP contribution >= 0.6 is 0 Å². The van der Waals surface area contributed by atoms with E-state index in [1.807, 2.05) is 24.3 Å². The van der Waals surface area contributed by atoms with E-state index in [0.717, 1.165) is 12.1 Å². The fourth-order valence-electron chi connectivity index (χ4n) is 2.43. The molecule has 0 amide bonds. The monoisotopic (exact) mass is 303 g/mol. The molecule has 0 saturated heterocycles. The van der Waals surface area contributed by atoms with Crippen LogP contribution in [0.4, 0.5) is 0 Å². The van der Waals surface area contributed by atoms with Gasteiger partial charge in [-0.3, -0.25) is 0 Å². The van der Waals surface area contributed by atoms with Gasteiger partial charge in [0.15, 0.2) is 9.84 Å². The Balaban J connectivity index is 2.42. The van der Waals surface area contributed by atoms with Crippen LogP contribution in [-0.2, 0) is 9.84 Å². The molecule has 0 aliphatic heterocycles. The summed E-state index contributed by atoms with van der Waals surface area (Å²) in [5, 5.41) is 3.46. The normalized spacial score (nSPS) is 13.1. The summed E-state index contributed by atoms with van der Waals surface area (Å²) >= 11 is 0. The lowest BCUT2D eigenvalue weighted by molar-refractivity contribution is 0.601. The van der Waals surface area contributed by atoms with Crippen molar-refractivity contribution in [3.8, 4) is 0 Å². The fourth-order valence-corrected chi connectivity index (χ4v) is 3.06. The largest absolute Gasteiger partial charge is 0.307 e. The number of hydrogen-bond acceptors (Lipinski definition) is 3. The third-order valence-corrected chi connectivity index (χ3v) is 4.68. The summed E-state index contributed by atoms with van der Waals surface area (Å²) in [5.74, 6) is 0. The predicted octanol–water partition coefficient (Wildman–Crippen LogP) is 3.10. The average Bonchev–Trinajstić information content (AvgIpc) is 2.45. The summed E-state index contributed by atoms with van der Waals surface area (Å²) in [6.45, 7) is 4.99. The average molecular weight is 303 g/mol. The fraction of sp³-hybridized carbons (Fsp3) is 0.294. The summed E-state index contributed by atoms with van der Waals surface area (Å²) in [4.78, 5) is 0.353. The zero-order valence-corrected chi connectivity index (χ0v) is 13.4. The summed E-state index contributed by atoms with van der Waals surface area (Å²) < 4.78 is 23.1. The molecule has 0 bridgehead atoms. The molecule has 2 aromatic rings. The SMILES string of the molecule is CCNC(c1ccc(S(C)(=O)=O)cc1)c1ccccc1C. The molecule has 3 nitrogen and oxygen atoms in total. The highest BCUT2D eigenvalue weighted by Crippen LogP contribution is 2.25. The van der Waals surface area contributed by atoms with Gasteiger partial charge >= 0.3 is 0 Å². The first-order valence-electron chi connectivity index (χ1n) is 7.02. The molecular weight excluding hydrogens is 282 g/mol. The van der Waals surface area contributed by atoms with Gasteiger partial charge in [-0.1, -0.05) is 43.3 Å². The minimum atomic E-state index is -3.15. The van der Waals surface area contributed by atoms with E-state index in [4.69, 9.17) is 0 Å². The van der Waals surface area contributed by atoms with Crippen LogP contribution in [0.5, 0.6) is 0 Å². The zero-order valence-electron chi connectivity index (χ0n) is 12.6.